The molecule has 1 amide bonds. The first-order valence-corrected chi connectivity index (χ1v) is 10.7. The predicted octanol–water partition coefficient (Wildman–Crippen LogP) is 4.40. The minimum Gasteiger partial charge on any atom is -0.490 e. The SMILES string of the molecule is CCOc1cc(/C=C(/C#N)C(=O)NC(C)C)cc(I)c1OCc1ccc(C(=O)O)cc1. The summed E-state index contributed by atoms with van der Waals surface area (Å²) in [5.74, 6) is -0.393. The highest BCUT2D eigenvalue weighted by Gasteiger charge is 2.15. The van der Waals surface area contributed by atoms with Gasteiger partial charge in [0.2, 0.25) is 0 Å². The van der Waals surface area contributed by atoms with Crippen LogP contribution in [0, 0.1) is 14.9 Å². The average Bonchev–Trinajstić information content (AvgIpc) is 2.71. The maximum Gasteiger partial charge on any atom is 0.335 e. The van der Waals surface area contributed by atoms with Crippen LogP contribution in [0.4, 0.5) is 0 Å². The number of halogens is 1. The number of amides is 1. The molecular formula is C23H23IN2O5. The third-order valence-electron chi connectivity index (χ3n) is 4.01. The maximum atomic E-state index is 12.2. The molecule has 0 atom stereocenters. The number of carbonyl (C=O) groups is 2. The second-order valence-electron chi connectivity index (χ2n) is 6.85. The Morgan fingerprint density at radius 1 is 1.23 bits per heavy atom. The van der Waals surface area contributed by atoms with Crippen molar-refractivity contribution in [2.45, 2.75) is 33.4 Å². The van der Waals surface area contributed by atoms with E-state index in [4.69, 9.17) is 14.6 Å². The first-order valence-electron chi connectivity index (χ1n) is 9.59. The summed E-state index contributed by atoms with van der Waals surface area (Å²) in [7, 11) is 0. The van der Waals surface area contributed by atoms with E-state index in [9.17, 15) is 14.9 Å². The normalized spacial score (nSPS) is 11.0. The van der Waals surface area contributed by atoms with Crippen molar-refractivity contribution < 1.29 is 24.2 Å². The van der Waals surface area contributed by atoms with Gasteiger partial charge in [-0.25, -0.2) is 4.79 Å². The molecule has 0 spiro atoms. The van der Waals surface area contributed by atoms with Crippen LogP contribution in [0.5, 0.6) is 11.5 Å². The van der Waals surface area contributed by atoms with E-state index >= 15 is 0 Å². The molecule has 2 aromatic carbocycles. The molecule has 31 heavy (non-hydrogen) atoms. The van der Waals surface area contributed by atoms with Gasteiger partial charge < -0.3 is 19.9 Å². The van der Waals surface area contributed by atoms with E-state index in [-0.39, 0.29) is 23.8 Å². The highest BCUT2D eigenvalue weighted by Crippen LogP contribution is 2.35. The molecule has 0 saturated heterocycles. The van der Waals surface area contributed by atoms with Gasteiger partial charge in [0.1, 0.15) is 18.2 Å². The molecule has 0 aliphatic heterocycles. The van der Waals surface area contributed by atoms with Crippen molar-refractivity contribution in [1.82, 2.24) is 5.32 Å². The lowest BCUT2D eigenvalue weighted by molar-refractivity contribution is -0.117. The quantitative estimate of drug-likeness (QED) is 0.281. The Balaban J connectivity index is 2.29. The van der Waals surface area contributed by atoms with Crippen LogP contribution in [-0.4, -0.2) is 29.6 Å². The zero-order valence-electron chi connectivity index (χ0n) is 17.4. The molecule has 2 aromatic rings. The van der Waals surface area contributed by atoms with E-state index in [2.05, 4.69) is 27.9 Å². The van der Waals surface area contributed by atoms with Gasteiger partial charge in [-0.3, -0.25) is 4.79 Å². The molecule has 0 heterocycles. The van der Waals surface area contributed by atoms with Crippen molar-refractivity contribution >= 4 is 40.5 Å². The monoisotopic (exact) mass is 534 g/mol. The Hall–Kier alpha value is -3.06. The van der Waals surface area contributed by atoms with E-state index in [1.807, 2.05) is 26.8 Å². The summed E-state index contributed by atoms with van der Waals surface area (Å²) in [6.07, 6.45) is 1.51. The molecule has 8 heteroatoms. The zero-order chi connectivity index (χ0) is 23.0. The molecule has 2 rings (SSSR count). The van der Waals surface area contributed by atoms with Crippen LogP contribution in [0.25, 0.3) is 6.08 Å². The lowest BCUT2D eigenvalue weighted by atomic mass is 10.1. The number of hydrogen-bond acceptors (Lipinski definition) is 5. The molecule has 0 aliphatic carbocycles. The number of nitriles is 1. The van der Waals surface area contributed by atoms with Gasteiger partial charge in [0.25, 0.3) is 5.91 Å². The second kappa shape index (κ2) is 11.4. The van der Waals surface area contributed by atoms with Gasteiger partial charge in [0.05, 0.1) is 15.7 Å². The van der Waals surface area contributed by atoms with Crippen LogP contribution in [0.1, 0.15) is 42.3 Å². The van der Waals surface area contributed by atoms with Gasteiger partial charge in [0.15, 0.2) is 11.5 Å². The van der Waals surface area contributed by atoms with Gasteiger partial charge in [-0.2, -0.15) is 5.26 Å². The second-order valence-corrected chi connectivity index (χ2v) is 8.01. The molecule has 0 unspecified atom stereocenters. The number of aromatic carboxylic acids is 1. The predicted molar refractivity (Wildman–Crippen MR) is 125 cm³/mol. The molecule has 0 radical (unpaired) electrons. The fraction of sp³-hybridized carbons (Fsp3) is 0.261. The zero-order valence-corrected chi connectivity index (χ0v) is 19.6. The van der Waals surface area contributed by atoms with E-state index in [0.29, 0.717) is 23.7 Å². The standard InChI is InChI=1S/C23H23IN2O5/c1-4-30-20-11-16(9-18(12-25)22(27)26-14(2)3)10-19(24)21(20)31-13-15-5-7-17(8-6-15)23(28)29/h5-11,14H,4,13H2,1-3H3,(H,26,27)(H,28,29)/b18-9-. The van der Waals surface area contributed by atoms with E-state index in [0.717, 1.165) is 9.13 Å². The number of rotatable bonds is 9. The molecule has 162 valence electrons. The summed E-state index contributed by atoms with van der Waals surface area (Å²) in [6.45, 7) is 6.13. The number of carboxylic acids is 1. The number of benzene rings is 2. The fourth-order valence-corrected chi connectivity index (χ4v) is 3.41. The molecule has 7 nitrogen and oxygen atoms in total. The minimum absolute atomic E-state index is 0.000799. The van der Waals surface area contributed by atoms with Crippen molar-refractivity contribution in [1.29, 1.82) is 5.26 Å². The first kappa shape index (κ1) is 24.2. The van der Waals surface area contributed by atoms with Gasteiger partial charge in [-0.1, -0.05) is 12.1 Å². The fourth-order valence-electron chi connectivity index (χ4n) is 2.63. The summed E-state index contributed by atoms with van der Waals surface area (Å²) in [5.41, 5.74) is 1.66. The van der Waals surface area contributed by atoms with Crippen molar-refractivity contribution in [3.8, 4) is 17.6 Å². The highest BCUT2D eigenvalue weighted by molar-refractivity contribution is 14.1. The maximum absolute atomic E-state index is 12.2. The van der Waals surface area contributed by atoms with Crippen molar-refractivity contribution in [3.63, 3.8) is 0 Å². The highest BCUT2D eigenvalue weighted by atomic mass is 127. The molecule has 0 bridgehead atoms. The van der Waals surface area contributed by atoms with E-state index < -0.39 is 11.9 Å². The summed E-state index contributed by atoms with van der Waals surface area (Å²) >= 11 is 2.11. The molecule has 0 aliphatic rings. The number of ether oxygens (including phenoxy) is 2. The number of hydrogen-bond donors (Lipinski definition) is 2. The number of nitrogens with one attached hydrogen (secondary N) is 1. The van der Waals surface area contributed by atoms with Gasteiger partial charge in [0, 0.05) is 6.04 Å². The Morgan fingerprint density at radius 3 is 2.45 bits per heavy atom. The van der Waals surface area contributed by atoms with E-state index in [1.54, 1.807) is 24.3 Å². The van der Waals surface area contributed by atoms with Gasteiger partial charge in [-0.05, 0) is 84.8 Å². The van der Waals surface area contributed by atoms with Gasteiger partial charge >= 0.3 is 5.97 Å². The summed E-state index contributed by atoms with van der Waals surface area (Å²) in [5, 5.41) is 21.1. The molecule has 0 fully saturated rings. The summed E-state index contributed by atoms with van der Waals surface area (Å²) in [6, 6.07) is 11.8. The smallest absolute Gasteiger partial charge is 0.335 e. The Kier molecular flexibility index (Phi) is 8.88. The number of nitrogens with zero attached hydrogens (tertiary/aromatic N) is 1. The van der Waals surface area contributed by atoms with Crippen LogP contribution in [0.2, 0.25) is 0 Å². The summed E-state index contributed by atoms with van der Waals surface area (Å²) in [4.78, 5) is 23.2. The summed E-state index contributed by atoms with van der Waals surface area (Å²) < 4.78 is 12.4. The molecule has 0 aromatic heterocycles. The third-order valence-corrected chi connectivity index (χ3v) is 4.81. The lowest BCUT2D eigenvalue weighted by Crippen LogP contribution is -2.30. The lowest BCUT2D eigenvalue weighted by Gasteiger charge is -2.15. The third kappa shape index (κ3) is 7.00. The van der Waals surface area contributed by atoms with Crippen molar-refractivity contribution in [3.05, 3.63) is 62.2 Å². The van der Waals surface area contributed by atoms with Crippen LogP contribution in [0.15, 0.2) is 42.0 Å². The Morgan fingerprint density at radius 2 is 1.90 bits per heavy atom. The molecular weight excluding hydrogens is 511 g/mol. The topological polar surface area (TPSA) is 109 Å². The van der Waals surface area contributed by atoms with Crippen LogP contribution in [0.3, 0.4) is 0 Å². The average molecular weight is 534 g/mol. The molecule has 2 N–H and O–H groups in total. The first-order chi connectivity index (χ1) is 14.7. The Labute approximate surface area is 194 Å². The van der Waals surface area contributed by atoms with Crippen LogP contribution >= 0.6 is 22.6 Å². The van der Waals surface area contributed by atoms with Crippen molar-refractivity contribution in [2.75, 3.05) is 6.61 Å². The van der Waals surface area contributed by atoms with Crippen LogP contribution < -0.4 is 14.8 Å². The Bertz CT molecular complexity index is 1020. The largest absolute Gasteiger partial charge is 0.490 e. The van der Waals surface area contributed by atoms with Crippen LogP contribution in [-0.2, 0) is 11.4 Å². The minimum atomic E-state index is -0.983. The van der Waals surface area contributed by atoms with E-state index in [1.165, 1.54) is 18.2 Å². The number of carboxylic acid groups (broad SMARTS) is 1. The van der Waals surface area contributed by atoms with Gasteiger partial charge in [-0.15, -0.1) is 0 Å². The molecule has 0 saturated carbocycles. The number of carbonyl (C=O) groups excluding carboxylic acids is 1. The van der Waals surface area contributed by atoms with Crippen molar-refractivity contribution in [2.24, 2.45) is 0 Å².